The van der Waals surface area contributed by atoms with Gasteiger partial charge in [0.2, 0.25) is 0 Å². The van der Waals surface area contributed by atoms with Crippen LogP contribution in [0.5, 0.6) is 11.5 Å². The summed E-state index contributed by atoms with van der Waals surface area (Å²) in [5.41, 5.74) is 2.51. The van der Waals surface area contributed by atoms with E-state index in [1.807, 2.05) is 48.5 Å². The number of halogens is 1. The number of anilines is 3. The third-order valence-electron chi connectivity index (χ3n) is 3.71. The minimum absolute atomic E-state index is 0.0779. The first-order valence-electron chi connectivity index (χ1n) is 8.32. The predicted molar refractivity (Wildman–Crippen MR) is 108 cm³/mol. The largest absolute Gasteiger partial charge is 0.497 e. The Labute approximate surface area is 162 Å². The lowest BCUT2D eigenvalue weighted by atomic mass is 10.2. The minimum atomic E-state index is -0.238. The number of rotatable bonds is 7. The van der Waals surface area contributed by atoms with E-state index in [2.05, 4.69) is 10.6 Å². The summed E-state index contributed by atoms with van der Waals surface area (Å²) in [7, 11) is 1.63. The van der Waals surface area contributed by atoms with Gasteiger partial charge >= 0.3 is 0 Å². The van der Waals surface area contributed by atoms with Crippen molar-refractivity contribution < 1.29 is 14.3 Å². The molecule has 3 aromatic carbocycles. The van der Waals surface area contributed by atoms with Gasteiger partial charge in [0.1, 0.15) is 11.5 Å². The van der Waals surface area contributed by atoms with E-state index in [0.717, 1.165) is 17.1 Å². The van der Waals surface area contributed by atoms with Crippen LogP contribution in [0.3, 0.4) is 0 Å². The Morgan fingerprint density at radius 3 is 2.30 bits per heavy atom. The van der Waals surface area contributed by atoms with E-state index in [0.29, 0.717) is 16.5 Å². The highest BCUT2D eigenvalue weighted by Crippen LogP contribution is 2.22. The van der Waals surface area contributed by atoms with Gasteiger partial charge in [-0.25, -0.2) is 0 Å². The van der Waals surface area contributed by atoms with Crippen molar-refractivity contribution in [1.29, 1.82) is 0 Å². The molecule has 0 saturated carbocycles. The molecule has 3 aromatic rings. The molecule has 0 aliphatic rings. The number of benzene rings is 3. The molecule has 5 nitrogen and oxygen atoms in total. The summed E-state index contributed by atoms with van der Waals surface area (Å²) in [5.74, 6) is 1.13. The topological polar surface area (TPSA) is 59.6 Å². The number of carbonyl (C=O) groups excluding carboxylic acids is 1. The minimum Gasteiger partial charge on any atom is -0.497 e. The number of amides is 1. The van der Waals surface area contributed by atoms with E-state index in [1.54, 1.807) is 31.4 Å². The van der Waals surface area contributed by atoms with Crippen molar-refractivity contribution in [1.82, 2.24) is 0 Å². The molecule has 0 aromatic heterocycles. The highest BCUT2D eigenvalue weighted by molar-refractivity contribution is 6.30. The number of ether oxygens (including phenoxy) is 2. The van der Waals surface area contributed by atoms with E-state index in [4.69, 9.17) is 21.1 Å². The maximum atomic E-state index is 12.0. The van der Waals surface area contributed by atoms with Crippen LogP contribution >= 0.6 is 11.6 Å². The van der Waals surface area contributed by atoms with Crippen LogP contribution in [0.4, 0.5) is 17.1 Å². The third-order valence-corrected chi connectivity index (χ3v) is 3.96. The van der Waals surface area contributed by atoms with E-state index in [9.17, 15) is 4.79 Å². The molecule has 0 aliphatic carbocycles. The van der Waals surface area contributed by atoms with Gasteiger partial charge in [-0.3, -0.25) is 4.79 Å². The van der Waals surface area contributed by atoms with Gasteiger partial charge in [0.25, 0.3) is 5.91 Å². The third kappa shape index (κ3) is 5.66. The normalized spacial score (nSPS) is 10.1. The van der Waals surface area contributed by atoms with Crippen molar-refractivity contribution in [2.45, 2.75) is 0 Å². The molecule has 6 heteroatoms. The van der Waals surface area contributed by atoms with Crippen LogP contribution in [0.2, 0.25) is 5.02 Å². The predicted octanol–water partition coefficient (Wildman–Crippen LogP) is 5.11. The second kappa shape index (κ2) is 8.96. The average Bonchev–Trinajstić information content (AvgIpc) is 2.69. The zero-order valence-electron chi connectivity index (χ0n) is 14.7. The van der Waals surface area contributed by atoms with Gasteiger partial charge in [-0.1, -0.05) is 17.7 Å². The summed E-state index contributed by atoms with van der Waals surface area (Å²) in [6.45, 7) is -0.0779. The van der Waals surface area contributed by atoms with Crippen LogP contribution in [0, 0.1) is 0 Å². The zero-order chi connectivity index (χ0) is 19.1. The van der Waals surface area contributed by atoms with E-state index in [-0.39, 0.29) is 12.5 Å². The quantitative estimate of drug-likeness (QED) is 0.596. The Bertz CT molecular complexity index is 896. The molecule has 1 amide bonds. The van der Waals surface area contributed by atoms with Crippen LogP contribution in [0.1, 0.15) is 0 Å². The van der Waals surface area contributed by atoms with Crippen LogP contribution in [-0.4, -0.2) is 19.6 Å². The van der Waals surface area contributed by atoms with Crippen molar-refractivity contribution in [3.05, 3.63) is 77.8 Å². The molecular weight excluding hydrogens is 364 g/mol. The number of nitrogens with one attached hydrogen (secondary N) is 2. The number of methoxy groups -OCH3 is 1. The molecule has 0 saturated heterocycles. The zero-order valence-corrected chi connectivity index (χ0v) is 15.5. The molecule has 0 atom stereocenters. The Balaban J connectivity index is 1.52. The van der Waals surface area contributed by atoms with Crippen LogP contribution < -0.4 is 20.1 Å². The summed E-state index contributed by atoms with van der Waals surface area (Å²) in [6.07, 6.45) is 0. The van der Waals surface area contributed by atoms with Crippen molar-refractivity contribution in [3.8, 4) is 11.5 Å². The molecule has 2 N–H and O–H groups in total. The molecule has 0 heterocycles. The first-order chi connectivity index (χ1) is 13.1. The SMILES string of the molecule is COc1cccc(Nc2ccc(NC(=O)COc3ccc(Cl)cc3)cc2)c1. The van der Waals surface area contributed by atoms with Gasteiger partial charge < -0.3 is 20.1 Å². The smallest absolute Gasteiger partial charge is 0.262 e. The van der Waals surface area contributed by atoms with Crippen LogP contribution in [-0.2, 0) is 4.79 Å². The second-order valence-electron chi connectivity index (χ2n) is 5.73. The number of hydrogen-bond donors (Lipinski definition) is 2. The Morgan fingerprint density at radius 1 is 0.889 bits per heavy atom. The average molecular weight is 383 g/mol. The van der Waals surface area contributed by atoms with Gasteiger partial charge in [-0.05, 0) is 60.7 Å². The van der Waals surface area contributed by atoms with Crippen molar-refractivity contribution in [2.24, 2.45) is 0 Å². The molecule has 0 spiro atoms. The lowest BCUT2D eigenvalue weighted by molar-refractivity contribution is -0.118. The van der Waals surface area contributed by atoms with Crippen LogP contribution in [0.25, 0.3) is 0 Å². The highest BCUT2D eigenvalue weighted by Gasteiger charge is 2.04. The van der Waals surface area contributed by atoms with Crippen molar-refractivity contribution >= 4 is 34.6 Å². The molecule has 0 fully saturated rings. The van der Waals surface area contributed by atoms with Gasteiger partial charge in [0, 0.05) is 28.2 Å². The van der Waals surface area contributed by atoms with E-state index >= 15 is 0 Å². The molecule has 0 radical (unpaired) electrons. The van der Waals surface area contributed by atoms with Gasteiger partial charge in [0.05, 0.1) is 7.11 Å². The van der Waals surface area contributed by atoms with Crippen molar-refractivity contribution in [3.63, 3.8) is 0 Å². The van der Waals surface area contributed by atoms with Gasteiger partial charge in [-0.15, -0.1) is 0 Å². The first-order valence-corrected chi connectivity index (χ1v) is 8.69. The molecule has 0 aliphatic heterocycles. The lowest BCUT2D eigenvalue weighted by Crippen LogP contribution is -2.20. The lowest BCUT2D eigenvalue weighted by Gasteiger charge is -2.10. The first kappa shape index (κ1) is 18.6. The molecule has 3 rings (SSSR count). The fraction of sp³-hybridized carbons (Fsp3) is 0.0952. The molecule has 27 heavy (non-hydrogen) atoms. The monoisotopic (exact) mass is 382 g/mol. The molecule has 138 valence electrons. The molecule has 0 unspecified atom stereocenters. The standard InChI is InChI=1S/C21H19ClN2O3/c1-26-20-4-2-3-18(13-20)23-16-7-9-17(10-8-16)24-21(25)14-27-19-11-5-15(22)6-12-19/h2-13,23H,14H2,1H3,(H,24,25). The second-order valence-corrected chi connectivity index (χ2v) is 6.16. The van der Waals surface area contributed by atoms with Gasteiger partial charge in [-0.2, -0.15) is 0 Å². The summed E-state index contributed by atoms with van der Waals surface area (Å²) in [6, 6.07) is 21.9. The maximum absolute atomic E-state index is 12.0. The number of carbonyl (C=O) groups is 1. The van der Waals surface area contributed by atoms with Crippen LogP contribution in [0.15, 0.2) is 72.8 Å². The summed E-state index contributed by atoms with van der Waals surface area (Å²) < 4.78 is 10.6. The molecule has 0 bridgehead atoms. The fourth-order valence-electron chi connectivity index (χ4n) is 2.38. The van der Waals surface area contributed by atoms with E-state index in [1.165, 1.54) is 0 Å². The summed E-state index contributed by atoms with van der Waals surface area (Å²) in [4.78, 5) is 12.0. The Hall–Kier alpha value is -3.18. The molecular formula is C21H19ClN2O3. The van der Waals surface area contributed by atoms with Gasteiger partial charge in [0.15, 0.2) is 6.61 Å². The highest BCUT2D eigenvalue weighted by atomic mass is 35.5. The Kier molecular flexibility index (Phi) is 6.18. The van der Waals surface area contributed by atoms with E-state index < -0.39 is 0 Å². The summed E-state index contributed by atoms with van der Waals surface area (Å²) >= 11 is 5.81. The summed E-state index contributed by atoms with van der Waals surface area (Å²) in [5, 5.41) is 6.70. The maximum Gasteiger partial charge on any atom is 0.262 e. The number of hydrogen-bond acceptors (Lipinski definition) is 4. The Morgan fingerprint density at radius 2 is 1.59 bits per heavy atom. The van der Waals surface area contributed by atoms with Crippen molar-refractivity contribution in [2.75, 3.05) is 24.4 Å². The fourth-order valence-corrected chi connectivity index (χ4v) is 2.51.